The number of anilines is 1. The van der Waals surface area contributed by atoms with Crippen LogP contribution in [0.4, 0.5) is 14.9 Å². The molecule has 2 heterocycles. The van der Waals surface area contributed by atoms with Crippen molar-refractivity contribution in [1.82, 2.24) is 14.5 Å². The van der Waals surface area contributed by atoms with Crippen LogP contribution < -0.4 is 5.32 Å². The number of nitrogens with zero attached hydrogens (tertiary/aromatic N) is 3. The van der Waals surface area contributed by atoms with E-state index in [0.29, 0.717) is 49.1 Å². The lowest BCUT2D eigenvalue weighted by Crippen LogP contribution is -2.59. The van der Waals surface area contributed by atoms with Crippen molar-refractivity contribution < 1.29 is 23.8 Å². The van der Waals surface area contributed by atoms with Crippen molar-refractivity contribution in [3.63, 3.8) is 0 Å². The van der Waals surface area contributed by atoms with Gasteiger partial charge in [-0.1, -0.05) is 11.6 Å². The number of aromatic nitrogens is 2. The standard InChI is InChI=1S/C27H34ClFN4O4/c1-26(2,3)37-25(35)33-12-18(13-33)27(36)10-16-7-15(8-17(16)11-27)22-23(32(4)14-30-22)24(34)31-19-5-6-21(29)20(28)9-19/h5-6,9,14-18,36H,7-8,10-13H2,1-4H3,(H,31,34). The number of fused-ring (bicyclic) bond motifs is 1. The number of likely N-dealkylation sites (tertiary alicyclic amines) is 1. The SMILES string of the molecule is Cn1cnc(C2CC3CC(O)(C4CN(C(=O)OC(C)(C)C)C4)CC3C2)c1C(=O)Nc1ccc(F)c(Cl)c1. The van der Waals surface area contributed by atoms with Crippen molar-refractivity contribution in [2.24, 2.45) is 24.8 Å². The number of amides is 2. The van der Waals surface area contributed by atoms with Crippen LogP contribution in [0.5, 0.6) is 0 Å². The Labute approximate surface area is 221 Å². The number of carbonyl (C=O) groups excluding carboxylic acids is 2. The Bertz CT molecular complexity index is 1210. The summed E-state index contributed by atoms with van der Waals surface area (Å²) in [5.74, 6) is 0.0141. The van der Waals surface area contributed by atoms with Gasteiger partial charge in [0.25, 0.3) is 5.91 Å². The molecule has 5 rings (SSSR count). The monoisotopic (exact) mass is 532 g/mol. The first-order valence-electron chi connectivity index (χ1n) is 12.8. The van der Waals surface area contributed by atoms with Gasteiger partial charge >= 0.3 is 6.09 Å². The zero-order valence-electron chi connectivity index (χ0n) is 21.6. The summed E-state index contributed by atoms with van der Waals surface area (Å²) in [5, 5.41) is 14.2. The quantitative estimate of drug-likeness (QED) is 0.579. The van der Waals surface area contributed by atoms with Crippen LogP contribution in [0.25, 0.3) is 0 Å². The van der Waals surface area contributed by atoms with Crippen molar-refractivity contribution in [2.45, 2.75) is 63.6 Å². The molecular formula is C27H34ClFN4O4. The number of aryl methyl sites for hydroxylation is 1. The van der Waals surface area contributed by atoms with Gasteiger partial charge in [-0.2, -0.15) is 0 Å². The van der Waals surface area contributed by atoms with Gasteiger partial charge in [0, 0.05) is 37.7 Å². The predicted molar refractivity (Wildman–Crippen MR) is 137 cm³/mol. The van der Waals surface area contributed by atoms with Crippen LogP contribution in [-0.2, 0) is 11.8 Å². The fourth-order valence-electron chi connectivity index (χ4n) is 6.34. The number of benzene rings is 1. The summed E-state index contributed by atoms with van der Waals surface area (Å²) in [6.45, 7) is 6.58. The van der Waals surface area contributed by atoms with Crippen LogP contribution in [0.15, 0.2) is 24.5 Å². The van der Waals surface area contributed by atoms with Crippen LogP contribution in [0.2, 0.25) is 5.02 Å². The lowest BCUT2D eigenvalue weighted by molar-refractivity contribution is -0.0876. The van der Waals surface area contributed by atoms with Gasteiger partial charge in [-0.05, 0) is 76.5 Å². The molecule has 0 radical (unpaired) electrons. The van der Waals surface area contributed by atoms with E-state index in [0.717, 1.165) is 18.5 Å². The Morgan fingerprint density at radius 2 is 1.86 bits per heavy atom. The molecule has 10 heteroatoms. The first-order valence-corrected chi connectivity index (χ1v) is 13.2. The maximum atomic E-state index is 13.5. The number of imidazole rings is 1. The molecular weight excluding hydrogens is 499 g/mol. The molecule has 1 aliphatic heterocycles. The predicted octanol–water partition coefficient (Wildman–Crippen LogP) is 4.97. The van der Waals surface area contributed by atoms with Crippen molar-refractivity contribution >= 4 is 29.3 Å². The largest absolute Gasteiger partial charge is 0.444 e. The van der Waals surface area contributed by atoms with E-state index in [1.807, 2.05) is 20.8 Å². The molecule has 2 aliphatic carbocycles. The molecule has 2 atom stereocenters. The molecule has 1 aromatic heterocycles. The molecule has 8 nitrogen and oxygen atoms in total. The third-order valence-electron chi connectivity index (χ3n) is 8.11. The second-order valence-electron chi connectivity index (χ2n) is 12.0. The maximum Gasteiger partial charge on any atom is 0.410 e. The molecule has 3 aliphatic rings. The first-order chi connectivity index (χ1) is 17.3. The summed E-state index contributed by atoms with van der Waals surface area (Å²) < 4.78 is 20.7. The molecule has 0 spiro atoms. The van der Waals surface area contributed by atoms with E-state index >= 15 is 0 Å². The minimum absolute atomic E-state index is 0.0557. The van der Waals surface area contributed by atoms with E-state index in [1.54, 1.807) is 22.8 Å². The molecule has 3 fully saturated rings. The van der Waals surface area contributed by atoms with Gasteiger partial charge in [0.15, 0.2) is 0 Å². The van der Waals surface area contributed by atoms with E-state index in [-0.39, 0.29) is 28.9 Å². The topological polar surface area (TPSA) is 96.7 Å². The molecule has 1 saturated heterocycles. The highest BCUT2D eigenvalue weighted by Crippen LogP contribution is 2.56. The molecule has 2 unspecified atom stereocenters. The van der Waals surface area contributed by atoms with Crippen LogP contribution in [-0.4, -0.2) is 55.8 Å². The Hall–Kier alpha value is -2.65. The summed E-state index contributed by atoms with van der Waals surface area (Å²) in [6, 6.07) is 4.08. The number of hydrogen-bond donors (Lipinski definition) is 2. The van der Waals surface area contributed by atoms with Crippen molar-refractivity contribution in [1.29, 1.82) is 0 Å². The van der Waals surface area contributed by atoms with Gasteiger partial charge in [0.1, 0.15) is 17.1 Å². The van der Waals surface area contributed by atoms with Gasteiger partial charge in [-0.15, -0.1) is 0 Å². The number of nitrogens with one attached hydrogen (secondary N) is 1. The number of hydrogen-bond acceptors (Lipinski definition) is 5. The number of carbonyl (C=O) groups is 2. The van der Waals surface area contributed by atoms with Gasteiger partial charge in [-0.3, -0.25) is 4.79 Å². The third kappa shape index (κ3) is 5.08. The smallest absolute Gasteiger partial charge is 0.410 e. The Morgan fingerprint density at radius 3 is 2.46 bits per heavy atom. The summed E-state index contributed by atoms with van der Waals surface area (Å²) in [5.41, 5.74) is 0.341. The summed E-state index contributed by atoms with van der Waals surface area (Å²) in [4.78, 5) is 31.7. The number of aliphatic hydroxyl groups is 1. The summed E-state index contributed by atoms with van der Waals surface area (Å²) in [6.07, 6.45) is 4.43. The molecule has 2 N–H and O–H groups in total. The second kappa shape index (κ2) is 9.27. The van der Waals surface area contributed by atoms with Crippen molar-refractivity contribution in [2.75, 3.05) is 18.4 Å². The molecule has 0 bridgehead atoms. The van der Waals surface area contributed by atoms with E-state index in [4.69, 9.17) is 16.3 Å². The van der Waals surface area contributed by atoms with E-state index in [1.165, 1.54) is 18.2 Å². The second-order valence-corrected chi connectivity index (χ2v) is 12.4. The highest BCUT2D eigenvalue weighted by molar-refractivity contribution is 6.31. The van der Waals surface area contributed by atoms with Crippen LogP contribution in [0, 0.1) is 23.6 Å². The minimum Gasteiger partial charge on any atom is -0.444 e. The highest BCUT2D eigenvalue weighted by atomic mass is 35.5. The number of rotatable bonds is 4. The molecule has 37 heavy (non-hydrogen) atoms. The number of halogens is 2. The van der Waals surface area contributed by atoms with Crippen molar-refractivity contribution in [3.05, 3.63) is 46.8 Å². The van der Waals surface area contributed by atoms with Gasteiger partial charge in [-0.25, -0.2) is 14.2 Å². The number of ether oxygens (including phenoxy) is 1. The minimum atomic E-state index is -0.773. The van der Waals surface area contributed by atoms with E-state index in [9.17, 15) is 19.1 Å². The summed E-state index contributed by atoms with van der Waals surface area (Å²) >= 11 is 5.86. The zero-order valence-corrected chi connectivity index (χ0v) is 22.4. The zero-order chi connectivity index (χ0) is 26.7. The van der Waals surface area contributed by atoms with Gasteiger partial charge in [0.05, 0.1) is 22.6 Å². The lowest BCUT2D eigenvalue weighted by Gasteiger charge is -2.47. The maximum absolute atomic E-state index is 13.5. The summed E-state index contributed by atoms with van der Waals surface area (Å²) in [7, 11) is 1.78. The molecule has 200 valence electrons. The first kappa shape index (κ1) is 26.0. The van der Waals surface area contributed by atoms with Crippen molar-refractivity contribution in [3.8, 4) is 0 Å². The molecule has 2 aromatic rings. The fraction of sp³-hybridized carbons (Fsp3) is 0.593. The Kier molecular flexibility index (Phi) is 6.51. The van der Waals surface area contributed by atoms with E-state index < -0.39 is 17.0 Å². The van der Waals surface area contributed by atoms with Crippen LogP contribution >= 0.6 is 11.6 Å². The average molecular weight is 533 g/mol. The van der Waals surface area contributed by atoms with Gasteiger partial charge < -0.3 is 24.6 Å². The van der Waals surface area contributed by atoms with Crippen LogP contribution in [0.1, 0.15) is 68.6 Å². The molecule has 2 saturated carbocycles. The average Bonchev–Trinajstić information content (AvgIpc) is 3.39. The molecule has 1 aromatic carbocycles. The van der Waals surface area contributed by atoms with Crippen LogP contribution in [0.3, 0.4) is 0 Å². The van der Waals surface area contributed by atoms with E-state index in [2.05, 4.69) is 10.3 Å². The Morgan fingerprint density at radius 1 is 1.22 bits per heavy atom. The lowest BCUT2D eigenvalue weighted by atomic mass is 9.78. The third-order valence-corrected chi connectivity index (χ3v) is 8.40. The Balaban J connectivity index is 1.21. The normalized spacial score (nSPS) is 27.6. The fourth-order valence-corrected chi connectivity index (χ4v) is 6.52. The highest BCUT2D eigenvalue weighted by Gasteiger charge is 2.56. The molecule has 2 amide bonds. The van der Waals surface area contributed by atoms with Gasteiger partial charge in [0.2, 0.25) is 0 Å².